The lowest BCUT2D eigenvalue weighted by atomic mass is 9.52. The summed E-state index contributed by atoms with van der Waals surface area (Å²) in [6, 6.07) is 3.05. The van der Waals surface area contributed by atoms with E-state index in [-0.39, 0.29) is 35.3 Å². The van der Waals surface area contributed by atoms with Gasteiger partial charge in [-0.25, -0.2) is 9.37 Å². The number of hydrogen-bond acceptors (Lipinski definition) is 5. The highest BCUT2D eigenvalue weighted by atomic mass is 19.1. The van der Waals surface area contributed by atoms with Crippen LogP contribution in [0.5, 0.6) is 0 Å². The molecule has 1 aromatic heterocycles. The molecule has 0 aromatic carbocycles. The summed E-state index contributed by atoms with van der Waals surface area (Å²) in [5.74, 6) is 0.929. The van der Waals surface area contributed by atoms with E-state index in [9.17, 15) is 14.3 Å². The van der Waals surface area contributed by atoms with Crippen molar-refractivity contribution in [2.75, 3.05) is 24.5 Å². The molecule has 2 unspecified atom stereocenters. The maximum absolute atomic E-state index is 14.4. The molecule has 1 aliphatic heterocycles. The number of halogens is 1. The third-order valence-electron chi connectivity index (χ3n) is 7.37. The van der Waals surface area contributed by atoms with Gasteiger partial charge in [-0.2, -0.15) is 0 Å². The summed E-state index contributed by atoms with van der Waals surface area (Å²) in [5.41, 5.74) is -0.244. The Morgan fingerprint density at radius 2 is 2.07 bits per heavy atom. The van der Waals surface area contributed by atoms with E-state index in [0.29, 0.717) is 24.3 Å². The summed E-state index contributed by atoms with van der Waals surface area (Å²) >= 11 is 0. The van der Waals surface area contributed by atoms with E-state index in [1.807, 2.05) is 11.8 Å². The second kappa shape index (κ2) is 6.66. The number of rotatable bonds is 3. The van der Waals surface area contributed by atoms with E-state index in [1.165, 1.54) is 12.1 Å². The fourth-order valence-electron chi connectivity index (χ4n) is 6.36. The molecule has 0 spiro atoms. The summed E-state index contributed by atoms with van der Waals surface area (Å²) < 4.78 is 14.4. The first-order valence-electron chi connectivity index (χ1n) is 10.6. The highest BCUT2D eigenvalue weighted by Crippen LogP contribution is 2.55. The van der Waals surface area contributed by atoms with Crippen LogP contribution in [0.2, 0.25) is 0 Å². The second-order valence-electron chi connectivity index (χ2n) is 9.44. The number of nitrogens with one attached hydrogen (secondary N) is 2. The molecule has 1 aromatic rings. The normalized spacial score (nSPS) is 39.2. The molecule has 1 amide bonds. The first kappa shape index (κ1) is 18.3. The fourth-order valence-corrected chi connectivity index (χ4v) is 6.36. The molecule has 3 N–H and O–H groups in total. The van der Waals surface area contributed by atoms with Crippen molar-refractivity contribution in [3.05, 3.63) is 23.6 Å². The number of amides is 1. The van der Waals surface area contributed by atoms with Crippen LogP contribution >= 0.6 is 0 Å². The van der Waals surface area contributed by atoms with Crippen molar-refractivity contribution in [1.29, 1.82) is 0 Å². The van der Waals surface area contributed by atoms with Gasteiger partial charge in [0.25, 0.3) is 5.91 Å². The van der Waals surface area contributed by atoms with Crippen molar-refractivity contribution >= 4 is 11.7 Å². The minimum absolute atomic E-state index is 0.0951. The van der Waals surface area contributed by atoms with Crippen LogP contribution < -0.4 is 15.5 Å². The molecule has 1 saturated heterocycles. The summed E-state index contributed by atoms with van der Waals surface area (Å²) in [7, 11) is 0. The Balaban J connectivity index is 1.34. The van der Waals surface area contributed by atoms with Gasteiger partial charge in [-0.3, -0.25) is 4.79 Å². The number of piperazine rings is 1. The van der Waals surface area contributed by atoms with E-state index in [4.69, 9.17) is 0 Å². The average molecular weight is 388 g/mol. The number of nitrogens with zero attached hydrogens (tertiary/aromatic N) is 2. The third-order valence-corrected chi connectivity index (χ3v) is 7.37. The SMILES string of the molecule is C[C@@H]1CNCCN1c1nc(C(=O)N[C@H]2C3CC4CC2C[C@](O)(C4)C3)ccc1F. The van der Waals surface area contributed by atoms with Crippen molar-refractivity contribution < 1.29 is 14.3 Å². The largest absolute Gasteiger partial charge is 0.390 e. The highest BCUT2D eigenvalue weighted by molar-refractivity contribution is 5.93. The predicted octanol–water partition coefficient (Wildman–Crippen LogP) is 1.69. The Kier molecular flexibility index (Phi) is 4.36. The number of hydrogen-bond donors (Lipinski definition) is 3. The molecule has 4 bridgehead atoms. The van der Waals surface area contributed by atoms with Gasteiger partial charge < -0.3 is 20.6 Å². The second-order valence-corrected chi connectivity index (χ2v) is 9.44. The van der Waals surface area contributed by atoms with Gasteiger partial charge in [0, 0.05) is 31.7 Å². The zero-order valence-corrected chi connectivity index (χ0v) is 16.3. The van der Waals surface area contributed by atoms with E-state index < -0.39 is 5.60 Å². The van der Waals surface area contributed by atoms with Gasteiger partial charge >= 0.3 is 0 Å². The van der Waals surface area contributed by atoms with Gasteiger partial charge in [0.15, 0.2) is 11.6 Å². The first-order chi connectivity index (χ1) is 13.4. The lowest BCUT2D eigenvalue weighted by Crippen LogP contribution is -2.61. The Morgan fingerprint density at radius 1 is 1.32 bits per heavy atom. The number of aliphatic hydroxyl groups is 1. The topological polar surface area (TPSA) is 77.5 Å². The molecular formula is C21H29FN4O2. The van der Waals surface area contributed by atoms with Gasteiger partial charge in [0.1, 0.15) is 5.69 Å². The summed E-state index contributed by atoms with van der Waals surface area (Å²) in [4.78, 5) is 19.3. The van der Waals surface area contributed by atoms with Crippen molar-refractivity contribution in [2.24, 2.45) is 17.8 Å². The summed E-state index contributed by atoms with van der Waals surface area (Å²) in [5, 5.41) is 17.2. The van der Waals surface area contributed by atoms with Gasteiger partial charge in [0.2, 0.25) is 0 Å². The zero-order valence-electron chi connectivity index (χ0n) is 16.3. The zero-order chi connectivity index (χ0) is 19.5. The van der Waals surface area contributed by atoms with Crippen LogP contribution in [0.3, 0.4) is 0 Å². The van der Waals surface area contributed by atoms with E-state index in [0.717, 1.165) is 45.2 Å². The number of carbonyl (C=O) groups is 1. The van der Waals surface area contributed by atoms with E-state index in [2.05, 4.69) is 15.6 Å². The molecule has 6 rings (SSSR count). The monoisotopic (exact) mass is 388 g/mol. The van der Waals surface area contributed by atoms with Crippen LogP contribution in [-0.4, -0.2) is 53.3 Å². The highest BCUT2D eigenvalue weighted by Gasteiger charge is 2.55. The van der Waals surface area contributed by atoms with Crippen LogP contribution in [0.25, 0.3) is 0 Å². The molecule has 28 heavy (non-hydrogen) atoms. The Morgan fingerprint density at radius 3 is 2.75 bits per heavy atom. The molecule has 152 valence electrons. The van der Waals surface area contributed by atoms with Crippen LogP contribution in [-0.2, 0) is 0 Å². The van der Waals surface area contributed by atoms with Gasteiger partial charge in [0.05, 0.1) is 5.60 Å². The molecule has 5 aliphatic rings. The summed E-state index contributed by atoms with van der Waals surface area (Å²) in [6.45, 7) is 4.24. The third kappa shape index (κ3) is 3.08. The maximum Gasteiger partial charge on any atom is 0.270 e. The van der Waals surface area contributed by atoms with Crippen LogP contribution in [0.4, 0.5) is 10.2 Å². The molecule has 6 nitrogen and oxygen atoms in total. The molecule has 4 saturated carbocycles. The van der Waals surface area contributed by atoms with Gasteiger partial charge in [-0.1, -0.05) is 0 Å². The molecule has 0 radical (unpaired) electrons. The summed E-state index contributed by atoms with van der Waals surface area (Å²) in [6.07, 6.45) is 4.66. The number of pyridine rings is 1. The standard InChI is InChI=1S/C21H29FN4O2/c1-12-11-23-4-5-26(12)19-16(22)2-3-17(24-19)20(27)25-18-14-6-13-7-15(18)10-21(28,8-13)9-14/h2-3,12-15,18,23,28H,4-11H2,1H3,(H,25,27)/t12-,13?,14?,15?,18-,21-/m1/s1. The smallest absolute Gasteiger partial charge is 0.270 e. The number of aromatic nitrogens is 1. The minimum Gasteiger partial charge on any atom is -0.390 e. The average Bonchev–Trinajstić information content (AvgIpc) is 2.64. The van der Waals surface area contributed by atoms with E-state index in [1.54, 1.807) is 0 Å². The molecule has 7 heteroatoms. The molecule has 5 fully saturated rings. The number of anilines is 1. The molecule has 3 atom stereocenters. The van der Waals surface area contributed by atoms with Gasteiger partial charge in [-0.05, 0) is 68.9 Å². The molecular weight excluding hydrogens is 359 g/mol. The lowest BCUT2D eigenvalue weighted by molar-refractivity contribution is -0.136. The Hall–Kier alpha value is -1.73. The maximum atomic E-state index is 14.4. The quantitative estimate of drug-likeness (QED) is 0.735. The number of carbonyl (C=O) groups excluding carboxylic acids is 1. The minimum atomic E-state index is -0.516. The first-order valence-corrected chi connectivity index (χ1v) is 10.6. The van der Waals surface area contributed by atoms with Crippen molar-refractivity contribution in [2.45, 2.75) is 56.7 Å². The lowest BCUT2D eigenvalue weighted by Gasteiger charge is -2.58. The molecule has 4 aliphatic carbocycles. The van der Waals surface area contributed by atoms with Crippen molar-refractivity contribution in [1.82, 2.24) is 15.6 Å². The van der Waals surface area contributed by atoms with Crippen LogP contribution in [0.1, 0.15) is 49.5 Å². The Bertz CT molecular complexity index is 772. The molecule has 2 heterocycles. The fraction of sp³-hybridized carbons (Fsp3) is 0.714. The van der Waals surface area contributed by atoms with Gasteiger partial charge in [-0.15, -0.1) is 0 Å². The Labute approximate surface area is 164 Å². The van der Waals surface area contributed by atoms with Crippen molar-refractivity contribution in [3.63, 3.8) is 0 Å². The van der Waals surface area contributed by atoms with E-state index >= 15 is 0 Å². The van der Waals surface area contributed by atoms with Crippen LogP contribution in [0, 0.1) is 23.6 Å². The predicted molar refractivity (Wildman–Crippen MR) is 104 cm³/mol. The van der Waals surface area contributed by atoms with Crippen LogP contribution in [0.15, 0.2) is 12.1 Å². The van der Waals surface area contributed by atoms with Crippen molar-refractivity contribution in [3.8, 4) is 0 Å².